The van der Waals surface area contributed by atoms with Gasteiger partial charge in [0.25, 0.3) is 21.9 Å². The van der Waals surface area contributed by atoms with E-state index in [2.05, 4.69) is 21.3 Å². The number of hydrogen-bond acceptors (Lipinski definition) is 10. The van der Waals surface area contributed by atoms with Crippen molar-refractivity contribution >= 4 is 57.2 Å². The first-order valence-corrected chi connectivity index (χ1v) is 17.7. The number of nitrogens with one attached hydrogen (secondary N) is 4. The first-order chi connectivity index (χ1) is 23.2. The zero-order chi connectivity index (χ0) is 37.8. The van der Waals surface area contributed by atoms with E-state index in [1.807, 2.05) is 0 Å². The number of anilines is 1. The van der Waals surface area contributed by atoms with Gasteiger partial charge in [0.15, 0.2) is 0 Å². The number of hydrogen-bond donors (Lipinski definition) is 5. The van der Waals surface area contributed by atoms with Crippen molar-refractivity contribution in [2.24, 2.45) is 11.3 Å². The summed E-state index contributed by atoms with van der Waals surface area (Å²) in [4.78, 5) is 87.9. The summed E-state index contributed by atoms with van der Waals surface area (Å²) in [6.07, 6.45) is 3.38. The molecule has 16 nitrogen and oxygen atoms in total. The lowest BCUT2D eigenvalue weighted by Gasteiger charge is -2.26. The molecule has 0 saturated carbocycles. The molecule has 276 valence electrons. The van der Waals surface area contributed by atoms with Gasteiger partial charge in [0.2, 0.25) is 23.6 Å². The van der Waals surface area contributed by atoms with Crippen LogP contribution < -0.4 is 21.3 Å². The first-order valence-electron chi connectivity index (χ1n) is 16.1. The number of carbonyl (C=O) groups excluding carboxylic acids is 7. The average Bonchev–Trinajstić information content (AvgIpc) is 3.33. The zero-order valence-electron chi connectivity index (χ0n) is 29.1. The molecule has 0 spiro atoms. The lowest BCUT2D eigenvalue weighted by atomic mass is 9.97. The lowest BCUT2D eigenvalue weighted by molar-refractivity contribution is -0.154. The fourth-order valence-electron chi connectivity index (χ4n) is 4.50. The topological polar surface area (TPSA) is 234 Å². The van der Waals surface area contributed by atoms with Crippen LogP contribution in [0.4, 0.5) is 5.69 Å². The number of amides is 6. The number of ether oxygens (including phenoxy) is 1. The number of carbonyl (C=O) groups is 7. The van der Waals surface area contributed by atoms with Gasteiger partial charge in [-0.05, 0) is 64.2 Å². The molecule has 50 heavy (non-hydrogen) atoms. The van der Waals surface area contributed by atoms with Crippen molar-refractivity contribution in [3.05, 3.63) is 42.0 Å². The first kappa shape index (κ1) is 41.5. The largest absolute Gasteiger partial charge is 0.460 e. The highest BCUT2D eigenvalue weighted by Crippen LogP contribution is 2.17. The average molecular weight is 722 g/mol. The van der Waals surface area contributed by atoms with Gasteiger partial charge in [-0.2, -0.15) is 8.42 Å². The van der Waals surface area contributed by atoms with Crippen LogP contribution in [0.25, 0.3) is 0 Å². The Hall–Kier alpha value is -4.64. The molecule has 1 aromatic carbocycles. The third kappa shape index (κ3) is 14.1. The summed E-state index contributed by atoms with van der Waals surface area (Å²) in [7, 11) is -4.74. The smallest absolute Gasteiger partial charge is 0.311 e. The number of nitrogens with zero attached hydrogens (tertiary/aromatic N) is 1. The summed E-state index contributed by atoms with van der Waals surface area (Å²) in [5, 5.41) is 9.84. The van der Waals surface area contributed by atoms with Gasteiger partial charge < -0.3 is 26.0 Å². The molecule has 1 aromatic rings. The predicted octanol–water partition coefficient (Wildman–Crippen LogP) is 1.22. The Bertz CT molecular complexity index is 1550. The highest BCUT2D eigenvalue weighted by molar-refractivity contribution is 7.85. The Labute approximate surface area is 291 Å². The minimum atomic E-state index is -4.74. The fourth-order valence-corrected chi connectivity index (χ4v) is 5.16. The Morgan fingerprint density at radius 3 is 1.98 bits per heavy atom. The third-order valence-electron chi connectivity index (χ3n) is 7.42. The second-order valence-corrected chi connectivity index (χ2v) is 14.8. The highest BCUT2D eigenvalue weighted by Gasteiger charge is 2.32. The van der Waals surface area contributed by atoms with Crippen molar-refractivity contribution in [2.45, 2.75) is 92.0 Å². The minimum absolute atomic E-state index is 0.0548. The molecule has 1 aliphatic rings. The van der Waals surface area contributed by atoms with E-state index in [1.165, 1.54) is 19.1 Å². The molecule has 0 radical (unpaired) electrons. The van der Waals surface area contributed by atoms with Crippen LogP contribution in [0.3, 0.4) is 0 Å². The van der Waals surface area contributed by atoms with Crippen LogP contribution in [0, 0.1) is 11.3 Å². The third-order valence-corrected chi connectivity index (χ3v) is 8.17. The van der Waals surface area contributed by atoms with E-state index in [4.69, 9.17) is 4.74 Å². The van der Waals surface area contributed by atoms with E-state index in [0.717, 1.165) is 4.90 Å². The molecule has 1 heterocycles. The maximum atomic E-state index is 13.1. The summed E-state index contributed by atoms with van der Waals surface area (Å²) in [6.45, 7) is 10.1. The van der Waals surface area contributed by atoms with E-state index in [1.54, 1.807) is 58.9 Å². The number of unbranched alkanes of at least 4 members (excludes halogenated alkanes) is 2. The van der Waals surface area contributed by atoms with E-state index >= 15 is 0 Å². The molecule has 2 rings (SSSR count). The van der Waals surface area contributed by atoms with Crippen LogP contribution >= 0.6 is 0 Å². The van der Waals surface area contributed by atoms with Crippen molar-refractivity contribution in [2.75, 3.05) is 17.6 Å². The molecule has 3 atom stereocenters. The summed E-state index contributed by atoms with van der Waals surface area (Å²) >= 11 is 0. The molecular weight excluding hydrogens is 674 g/mol. The van der Waals surface area contributed by atoms with Crippen LogP contribution in [0.2, 0.25) is 0 Å². The molecule has 0 aliphatic carbocycles. The van der Waals surface area contributed by atoms with Crippen molar-refractivity contribution < 1.29 is 51.3 Å². The standard InChI is InChI=1S/C33H47N5O11S/c1-20(2)28(31(44)34-21(3)29(42)35-23-13-11-22(12-14-23)18-49-32(45)33(4,5)6)37-30(43)24(19-50(46,47)48)36-25(39)10-8-7-9-17-38-26(40)15-16-27(38)41/h11-16,20-21,24,28H,7-10,17-19H2,1-6H3,(H,34,44)(H,35,42)(H,36,39)(H,37,43)(H,46,47,48)/t21-,24?,28-/m0/s1. The molecule has 6 amide bonds. The van der Waals surface area contributed by atoms with Crippen molar-refractivity contribution in [1.82, 2.24) is 20.9 Å². The quantitative estimate of drug-likeness (QED) is 0.0626. The van der Waals surface area contributed by atoms with Crippen molar-refractivity contribution in [3.63, 3.8) is 0 Å². The normalized spacial score (nSPS) is 14.9. The molecule has 5 N–H and O–H groups in total. The van der Waals surface area contributed by atoms with Crippen LogP contribution in [0.15, 0.2) is 36.4 Å². The molecule has 0 saturated heterocycles. The number of rotatable bonds is 18. The second kappa shape index (κ2) is 18.4. The monoisotopic (exact) mass is 721 g/mol. The van der Waals surface area contributed by atoms with Crippen LogP contribution in [-0.2, 0) is 55.0 Å². The van der Waals surface area contributed by atoms with Gasteiger partial charge in [0.1, 0.15) is 30.5 Å². The number of imide groups is 1. The van der Waals surface area contributed by atoms with Gasteiger partial charge in [-0.15, -0.1) is 0 Å². The maximum absolute atomic E-state index is 13.1. The van der Waals surface area contributed by atoms with Crippen molar-refractivity contribution in [1.29, 1.82) is 0 Å². The van der Waals surface area contributed by atoms with E-state index in [9.17, 15) is 46.5 Å². The molecule has 1 aliphatic heterocycles. The Balaban J connectivity index is 1.92. The summed E-state index contributed by atoms with van der Waals surface area (Å²) < 4.78 is 38.0. The zero-order valence-corrected chi connectivity index (χ0v) is 29.9. The molecule has 1 unspecified atom stereocenters. The molecule has 0 aromatic heterocycles. The maximum Gasteiger partial charge on any atom is 0.311 e. The summed E-state index contributed by atoms with van der Waals surface area (Å²) in [5.74, 6) is -5.96. The molecule has 0 bridgehead atoms. The lowest BCUT2D eigenvalue weighted by Crippen LogP contribution is -2.58. The van der Waals surface area contributed by atoms with Gasteiger partial charge in [-0.1, -0.05) is 32.4 Å². The Kier molecular flexibility index (Phi) is 15.3. The molecule has 0 fully saturated rings. The molecule has 17 heteroatoms. The summed E-state index contributed by atoms with van der Waals surface area (Å²) in [6, 6.07) is 2.48. The second-order valence-electron chi connectivity index (χ2n) is 13.3. The van der Waals surface area contributed by atoms with Crippen molar-refractivity contribution in [3.8, 4) is 0 Å². The van der Waals surface area contributed by atoms with Crippen LogP contribution in [0.5, 0.6) is 0 Å². The van der Waals surface area contributed by atoms with E-state index < -0.39 is 80.8 Å². The number of benzene rings is 1. The van der Waals surface area contributed by atoms with E-state index in [0.29, 0.717) is 30.5 Å². The number of esters is 1. The van der Waals surface area contributed by atoms with Crippen LogP contribution in [0.1, 0.15) is 72.8 Å². The van der Waals surface area contributed by atoms with E-state index in [-0.39, 0.29) is 25.5 Å². The fraction of sp³-hybridized carbons (Fsp3) is 0.545. The Morgan fingerprint density at radius 2 is 1.44 bits per heavy atom. The van der Waals surface area contributed by atoms with Gasteiger partial charge in [-0.3, -0.25) is 43.0 Å². The SMILES string of the molecule is CC(C)[C@H](NC(=O)C(CS(=O)(=O)O)NC(=O)CCCCCN1C(=O)C=CC1=O)C(=O)N[C@@H](C)C(=O)Nc1ccc(COC(=O)C(C)(C)C)cc1. The van der Waals surface area contributed by atoms with Gasteiger partial charge in [0.05, 0.1) is 5.41 Å². The summed E-state index contributed by atoms with van der Waals surface area (Å²) in [5.41, 5.74) is 0.462. The highest BCUT2D eigenvalue weighted by atomic mass is 32.2. The Morgan fingerprint density at radius 1 is 0.840 bits per heavy atom. The van der Waals surface area contributed by atoms with Gasteiger partial charge >= 0.3 is 5.97 Å². The van der Waals surface area contributed by atoms with Gasteiger partial charge in [-0.25, -0.2) is 0 Å². The van der Waals surface area contributed by atoms with Gasteiger partial charge in [0, 0.05) is 30.8 Å². The minimum Gasteiger partial charge on any atom is -0.460 e. The predicted molar refractivity (Wildman–Crippen MR) is 181 cm³/mol. The van der Waals surface area contributed by atoms with Crippen LogP contribution in [-0.4, -0.2) is 89.7 Å². The molecular formula is C33H47N5O11S.